The molecule has 3 nitrogen and oxygen atoms in total. The lowest BCUT2D eigenvalue weighted by molar-refractivity contribution is 0.628. The first-order valence-corrected chi connectivity index (χ1v) is 5.90. The van der Waals surface area contributed by atoms with Crippen molar-refractivity contribution in [2.24, 2.45) is 0 Å². The van der Waals surface area contributed by atoms with Gasteiger partial charge in [-0.25, -0.2) is 13.9 Å². The smallest absolute Gasteiger partial charge is 0.162 e. The van der Waals surface area contributed by atoms with E-state index in [9.17, 15) is 4.39 Å². The van der Waals surface area contributed by atoms with Gasteiger partial charge in [-0.1, -0.05) is 24.4 Å². The number of rotatable bonds is 1. The number of aromatic nitrogens is 3. The van der Waals surface area contributed by atoms with Crippen LogP contribution in [0.15, 0.2) is 36.5 Å². The van der Waals surface area contributed by atoms with E-state index < -0.39 is 0 Å². The maximum Gasteiger partial charge on any atom is 0.162 e. The molecule has 0 saturated carbocycles. The molecule has 0 amide bonds. The Morgan fingerprint density at radius 3 is 2.72 bits per heavy atom. The summed E-state index contributed by atoms with van der Waals surface area (Å²) in [5, 5.41) is 3.05. The van der Waals surface area contributed by atoms with Gasteiger partial charge in [0.25, 0.3) is 0 Å². The van der Waals surface area contributed by atoms with Crippen molar-refractivity contribution >= 4 is 17.9 Å². The first kappa shape index (κ1) is 11.1. The van der Waals surface area contributed by atoms with Gasteiger partial charge >= 0.3 is 0 Å². The largest absolute Gasteiger partial charge is 0.298 e. The van der Waals surface area contributed by atoms with Crippen LogP contribution in [0, 0.1) is 17.4 Å². The van der Waals surface area contributed by atoms with Crippen molar-refractivity contribution in [2.75, 3.05) is 0 Å². The molecule has 3 rings (SSSR count). The Hall–Kier alpha value is -2.01. The first-order chi connectivity index (χ1) is 8.65. The normalized spacial score (nSPS) is 11.0. The van der Waals surface area contributed by atoms with Gasteiger partial charge in [0.05, 0.1) is 0 Å². The van der Waals surface area contributed by atoms with E-state index in [1.54, 1.807) is 16.6 Å². The first-order valence-electron chi connectivity index (χ1n) is 5.49. The molecule has 3 aromatic rings. The molecule has 2 aromatic heterocycles. The van der Waals surface area contributed by atoms with E-state index in [4.69, 9.17) is 12.2 Å². The number of nitrogens with one attached hydrogen (secondary N) is 1. The Bertz CT molecular complexity index is 771. The van der Waals surface area contributed by atoms with Crippen molar-refractivity contribution < 1.29 is 4.39 Å². The number of nitrogens with zero attached hydrogens (tertiary/aromatic N) is 2. The Morgan fingerprint density at radius 2 is 2.00 bits per heavy atom. The fourth-order valence-corrected chi connectivity index (χ4v) is 2.25. The molecule has 2 heterocycles. The fourth-order valence-electron chi connectivity index (χ4n) is 1.94. The van der Waals surface area contributed by atoms with E-state index in [-0.39, 0.29) is 5.82 Å². The van der Waals surface area contributed by atoms with E-state index >= 15 is 0 Å². The van der Waals surface area contributed by atoms with Crippen LogP contribution >= 0.6 is 12.2 Å². The number of hydrogen-bond donors (Lipinski definition) is 1. The number of aryl methyl sites for hydroxylation is 1. The maximum absolute atomic E-state index is 12.9. The summed E-state index contributed by atoms with van der Waals surface area (Å²) >= 11 is 5.26. The second-order valence-corrected chi connectivity index (χ2v) is 4.51. The van der Waals surface area contributed by atoms with Gasteiger partial charge in [0.15, 0.2) is 5.65 Å². The Kier molecular flexibility index (Phi) is 2.48. The van der Waals surface area contributed by atoms with Crippen LogP contribution < -0.4 is 0 Å². The van der Waals surface area contributed by atoms with Gasteiger partial charge in [-0.15, -0.1) is 0 Å². The molecule has 0 aliphatic rings. The summed E-state index contributed by atoms with van der Waals surface area (Å²) in [5.41, 5.74) is 3.43. The number of fused-ring (bicyclic) bond motifs is 1. The summed E-state index contributed by atoms with van der Waals surface area (Å²) in [6, 6.07) is 8.15. The summed E-state index contributed by atoms with van der Waals surface area (Å²) in [5.74, 6) is -0.251. The van der Waals surface area contributed by atoms with E-state index in [1.165, 1.54) is 12.1 Å². The van der Waals surface area contributed by atoms with Crippen LogP contribution in [0.1, 0.15) is 5.69 Å². The highest BCUT2D eigenvalue weighted by Crippen LogP contribution is 2.23. The molecule has 90 valence electrons. The SMILES string of the molecule is Cc1cc(=S)n2[nH]cc(-c3ccc(F)cc3)c2n1. The second kappa shape index (κ2) is 4.03. The summed E-state index contributed by atoms with van der Waals surface area (Å²) in [6.45, 7) is 1.90. The lowest BCUT2D eigenvalue weighted by Crippen LogP contribution is -1.94. The van der Waals surface area contributed by atoms with Crippen molar-refractivity contribution in [1.82, 2.24) is 14.6 Å². The third-order valence-electron chi connectivity index (χ3n) is 2.78. The van der Waals surface area contributed by atoms with E-state index in [2.05, 4.69) is 10.1 Å². The number of H-pyrrole nitrogens is 1. The van der Waals surface area contributed by atoms with Gasteiger partial charge in [0.2, 0.25) is 0 Å². The van der Waals surface area contributed by atoms with Gasteiger partial charge in [-0.3, -0.25) is 5.10 Å². The molecule has 18 heavy (non-hydrogen) atoms. The molecule has 0 radical (unpaired) electrons. The molecule has 1 aromatic carbocycles. The summed E-state index contributed by atoms with van der Waals surface area (Å²) < 4.78 is 15.3. The summed E-state index contributed by atoms with van der Waals surface area (Å²) in [6.07, 6.45) is 1.82. The van der Waals surface area contributed by atoms with Crippen LogP contribution in [0.25, 0.3) is 16.8 Å². The van der Waals surface area contributed by atoms with Crippen LogP contribution in [0.4, 0.5) is 4.39 Å². The Morgan fingerprint density at radius 1 is 1.28 bits per heavy atom. The molecular weight excluding hydrogens is 249 g/mol. The van der Waals surface area contributed by atoms with Crippen LogP contribution in [0.3, 0.4) is 0 Å². The Balaban J connectivity index is 2.30. The highest BCUT2D eigenvalue weighted by molar-refractivity contribution is 7.71. The number of hydrogen-bond acceptors (Lipinski definition) is 2. The minimum Gasteiger partial charge on any atom is -0.298 e. The van der Waals surface area contributed by atoms with Crippen molar-refractivity contribution in [3.8, 4) is 11.1 Å². The molecule has 0 aliphatic heterocycles. The van der Waals surface area contributed by atoms with Crippen molar-refractivity contribution in [1.29, 1.82) is 0 Å². The van der Waals surface area contributed by atoms with Gasteiger partial charge in [0, 0.05) is 17.5 Å². The lowest BCUT2D eigenvalue weighted by atomic mass is 10.1. The monoisotopic (exact) mass is 259 g/mol. The minimum atomic E-state index is -0.251. The fraction of sp³-hybridized carbons (Fsp3) is 0.0769. The quantitative estimate of drug-likeness (QED) is 0.678. The van der Waals surface area contributed by atoms with E-state index in [0.717, 1.165) is 22.5 Å². The molecule has 0 spiro atoms. The molecule has 0 atom stereocenters. The summed E-state index contributed by atoms with van der Waals surface area (Å²) in [7, 11) is 0. The van der Waals surface area contributed by atoms with Crippen LogP contribution in [0.5, 0.6) is 0 Å². The van der Waals surface area contributed by atoms with Crippen LogP contribution in [-0.4, -0.2) is 14.6 Å². The maximum atomic E-state index is 12.9. The van der Waals surface area contributed by atoms with Gasteiger partial charge < -0.3 is 0 Å². The molecule has 0 aliphatic carbocycles. The predicted octanol–water partition coefficient (Wildman–Crippen LogP) is 3.51. The number of benzene rings is 1. The van der Waals surface area contributed by atoms with Crippen molar-refractivity contribution in [3.63, 3.8) is 0 Å². The van der Waals surface area contributed by atoms with Gasteiger partial charge in [0.1, 0.15) is 10.5 Å². The molecule has 0 saturated heterocycles. The number of aromatic amines is 1. The Labute approximate surface area is 108 Å². The average Bonchev–Trinajstić information content (AvgIpc) is 2.74. The zero-order chi connectivity index (χ0) is 12.7. The van der Waals surface area contributed by atoms with Crippen LogP contribution in [-0.2, 0) is 0 Å². The zero-order valence-electron chi connectivity index (χ0n) is 9.64. The topological polar surface area (TPSA) is 33.1 Å². The lowest BCUT2D eigenvalue weighted by Gasteiger charge is -2.00. The minimum absolute atomic E-state index is 0.251. The van der Waals surface area contributed by atoms with E-state index in [1.807, 2.05) is 19.2 Å². The van der Waals surface area contributed by atoms with E-state index in [0.29, 0.717) is 4.64 Å². The molecule has 1 N–H and O–H groups in total. The standard InChI is InChI=1S/C13H10FN3S/c1-8-6-12(18)17-13(16-8)11(7-15-17)9-2-4-10(14)5-3-9/h2-7,15H,1H3. The van der Waals surface area contributed by atoms with Gasteiger partial charge in [-0.05, 0) is 30.7 Å². The van der Waals surface area contributed by atoms with Crippen LogP contribution in [0.2, 0.25) is 0 Å². The predicted molar refractivity (Wildman–Crippen MR) is 70.5 cm³/mol. The zero-order valence-corrected chi connectivity index (χ0v) is 10.5. The molecule has 5 heteroatoms. The molecule has 0 bridgehead atoms. The third-order valence-corrected chi connectivity index (χ3v) is 3.08. The number of halogens is 1. The van der Waals surface area contributed by atoms with Crippen molar-refractivity contribution in [2.45, 2.75) is 6.92 Å². The molecular formula is C13H10FN3S. The highest BCUT2D eigenvalue weighted by Gasteiger charge is 2.08. The van der Waals surface area contributed by atoms with Gasteiger partial charge in [-0.2, -0.15) is 0 Å². The summed E-state index contributed by atoms with van der Waals surface area (Å²) in [4.78, 5) is 4.47. The third kappa shape index (κ3) is 1.73. The molecule has 0 fully saturated rings. The van der Waals surface area contributed by atoms with Crippen molar-refractivity contribution in [3.05, 3.63) is 52.7 Å². The average molecular weight is 259 g/mol. The highest BCUT2D eigenvalue weighted by atomic mass is 32.1. The molecule has 0 unspecified atom stereocenters. The second-order valence-electron chi connectivity index (χ2n) is 4.09.